The minimum absolute atomic E-state index is 0.0425. The van der Waals surface area contributed by atoms with E-state index in [2.05, 4.69) is 51.7 Å². The Morgan fingerprint density at radius 1 is 1.06 bits per heavy atom. The van der Waals surface area contributed by atoms with Crippen molar-refractivity contribution in [3.63, 3.8) is 0 Å². The second-order valence-corrected chi connectivity index (χ2v) is 8.14. The van der Waals surface area contributed by atoms with Crippen LogP contribution in [0.4, 0.5) is 0 Å². The molecule has 2 amide bonds. The zero-order valence-electron chi connectivity index (χ0n) is 18.7. The van der Waals surface area contributed by atoms with Crippen molar-refractivity contribution >= 4 is 22.7 Å². The van der Waals surface area contributed by atoms with Gasteiger partial charge in [0.15, 0.2) is 0 Å². The van der Waals surface area contributed by atoms with Crippen LogP contribution in [0.15, 0.2) is 54.7 Å². The molecular weight excluding hydrogens is 388 g/mol. The number of aryl methyl sites for hydroxylation is 1. The first-order valence-corrected chi connectivity index (χ1v) is 10.7. The third-order valence-electron chi connectivity index (χ3n) is 5.66. The van der Waals surface area contributed by atoms with E-state index in [1.807, 2.05) is 44.6 Å². The Morgan fingerprint density at radius 2 is 1.77 bits per heavy atom. The maximum absolute atomic E-state index is 13.0. The van der Waals surface area contributed by atoms with Crippen molar-refractivity contribution in [2.24, 2.45) is 0 Å². The molecule has 0 radical (unpaired) electrons. The topological polar surface area (TPSA) is 77.2 Å². The van der Waals surface area contributed by atoms with Crippen LogP contribution in [0.1, 0.15) is 36.6 Å². The SMILES string of the molecule is CCc1ccc([C@H](CNC(=O)[C@@H](Cc2c[nH]c3ccccc23)NC(C)=O)N(C)C)cc1. The summed E-state index contributed by atoms with van der Waals surface area (Å²) < 4.78 is 0. The molecular formula is C25H32N4O2. The summed E-state index contributed by atoms with van der Waals surface area (Å²) in [6, 6.07) is 15.9. The van der Waals surface area contributed by atoms with Crippen LogP contribution in [0.3, 0.4) is 0 Å². The third kappa shape index (κ3) is 5.73. The van der Waals surface area contributed by atoms with Gasteiger partial charge in [-0.15, -0.1) is 0 Å². The molecule has 0 saturated carbocycles. The average molecular weight is 421 g/mol. The number of aromatic amines is 1. The maximum atomic E-state index is 13.0. The first-order valence-electron chi connectivity index (χ1n) is 10.7. The van der Waals surface area contributed by atoms with Gasteiger partial charge < -0.3 is 20.5 Å². The molecule has 0 unspecified atom stereocenters. The van der Waals surface area contributed by atoms with Crippen molar-refractivity contribution < 1.29 is 9.59 Å². The summed E-state index contributed by atoms with van der Waals surface area (Å²) in [5.41, 5.74) is 4.46. The summed E-state index contributed by atoms with van der Waals surface area (Å²) in [5, 5.41) is 6.93. The van der Waals surface area contributed by atoms with E-state index in [1.165, 1.54) is 12.5 Å². The minimum Gasteiger partial charge on any atom is -0.361 e. The van der Waals surface area contributed by atoms with E-state index < -0.39 is 6.04 Å². The number of para-hydroxylation sites is 1. The van der Waals surface area contributed by atoms with Crippen LogP contribution in [-0.2, 0) is 22.4 Å². The van der Waals surface area contributed by atoms with E-state index in [9.17, 15) is 9.59 Å². The molecule has 0 aliphatic rings. The smallest absolute Gasteiger partial charge is 0.242 e. The number of aromatic nitrogens is 1. The Labute approximate surface area is 184 Å². The van der Waals surface area contributed by atoms with Crippen molar-refractivity contribution in [2.75, 3.05) is 20.6 Å². The number of rotatable bonds is 9. The number of fused-ring (bicyclic) bond motifs is 1. The zero-order valence-corrected chi connectivity index (χ0v) is 18.7. The Morgan fingerprint density at radius 3 is 2.42 bits per heavy atom. The number of carbonyl (C=O) groups is 2. The molecule has 0 bridgehead atoms. The Kier molecular flexibility index (Phi) is 7.47. The Bertz CT molecular complexity index is 1020. The number of likely N-dealkylation sites (N-methyl/N-ethyl adjacent to an activating group) is 1. The molecule has 0 spiro atoms. The van der Waals surface area contributed by atoms with E-state index in [0.29, 0.717) is 13.0 Å². The normalized spacial score (nSPS) is 13.2. The lowest BCUT2D eigenvalue weighted by Crippen LogP contribution is -2.49. The highest BCUT2D eigenvalue weighted by atomic mass is 16.2. The van der Waals surface area contributed by atoms with Gasteiger partial charge in [0.1, 0.15) is 6.04 Å². The first-order chi connectivity index (χ1) is 14.9. The van der Waals surface area contributed by atoms with E-state index >= 15 is 0 Å². The molecule has 3 aromatic rings. The van der Waals surface area contributed by atoms with Crippen LogP contribution < -0.4 is 10.6 Å². The minimum atomic E-state index is -0.637. The number of carbonyl (C=O) groups excluding carboxylic acids is 2. The fraction of sp³-hybridized carbons (Fsp3) is 0.360. The monoisotopic (exact) mass is 420 g/mol. The molecule has 3 N–H and O–H groups in total. The van der Waals surface area contributed by atoms with Crippen molar-refractivity contribution in [1.82, 2.24) is 20.5 Å². The quantitative estimate of drug-likeness (QED) is 0.498. The molecule has 2 aromatic carbocycles. The number of hydrogen-bond donors (Lipinski definition) is 3. The van der Waals surface area contributed by atoms with Crippen LogP contribution >= 0.6 is 0 Å². The molecule has 31 heavy (non-hydrogen) atoms. The molecule has 0 aliphatic heterocycles. The van der Waals surface area contributed by atoms with Gasteiger partial charge in [-0.1, -0.05) is 49.4 Å². The Balaban J connectivity index is 1.72. The van der Waals surface area contributed by atoms with Crippen molar-refractivity contribution in [3.05, 3.63) is 71.4 Å². The number of nitrogens with zero attached hydrogens (tertiary/aromatic N) is 1. The van der Waals surface area contributed by atoms with Crippen LogP contribution in [0.5, 0.6) is 0 Å². The molecule has 0 aliphatic carbocycles. The molecule has 1 aromatic heterocycles. The molecule has 0 fully saturated rings. The number of nitrogens with one attached hydrogen (secondary N) is 3. The highest BCUT2D eigenvalue weighted by Gasteiger charge is 2.23. The number of hydrogen-bond acceptors (Lipinski definition) is 3. The largest absolute Gasteiger partial charge is 0.361 e. The van der Waals surface area contributed by atoms with Gasteiger partial charge in [0.2, 0.25) is 11.8 Å². The van der Waals surface area contributed by atoms with Crippen molar-refractivity contribution in [1.29, 1.82) is 0 Å². The average Bonchev–Trinajstić information content (AvgIpc) is 3.16. The highest BCUT2D eigenvalue weighted by molar-refractivity contribution is 5.89. The van der Waals surface area contributed by atoms with Gasteiger partial charge in [-0.05, 0) is 43.3 Å². The van der Waals surface area contributed by atoms with Gasteiger partial charge in [0, 0.05) is 37.0 Å². The van der Waals surface area contributed by atoms with Gasteiger partial charge in [0.05, 0.1) is 6.04 Å². The zero-order chi connectivity index (χ0) is 22.4. The second kappa shape index (κ2) is 10.3. The third-order valence-corrected chi connectivity index (χ3v) is 5.66. The lowest BCUT2D eigenvalue weighted by Gasteiger charge is -2.26. The summed E-state index contributed by atoms with van der Waals surface area (Å²) in [6.07, 6.45) is 3.33. The van der Waals surface area contributed by atoms with Gasteiger partial charge in [-0.2, -0.15) is 0 Å². The van der Waals surface area contributed by atoms with Gasteiger partial charge >= 0.3 is 0 Å². The molecule has 1 heterocycles. The van der Waals surface area contributed by atoms with Crippen molar-refractivity contribution in [2.45, 2.75) is 38.8 Å². The predicted octanol–water partition coefficient (Wildman–Crippen LogP) is 3.20. The first kappa shape index (κ1) is 22.6. The number of benzene rings is 2. The van der Waals surface area contributed by atoms with E-state index in [0.717, 1.165) is 28.5 Å². The fourth-order valence-electron chi connectivity index (χ4n) is 3.87. The molecule has 2 atom stereocenters. The highest BCUT2D eigenvalue weighted by Crippen LogP contribution is 2.20. The van der Waals surface area contributed by atoms with Crippen molar-refractivity contribution in [3.8, 4) is 0 Å². The molecule has 164 valence electrons. The van der Waals surface area contributed by atoms with Crippen LogP contribution in [0.2, 0.25) is 0 Å². The summed E-state index contributed by atoms with van der Waals surface area (Å²) in [5.74, 6) is -0.406. The summed E-state index contributed by atoms with van der Waals surface area (Å²) in [4.78, 5) is 30.1. The van der Waals surface area contributed by atoms with E-state index in [4.69, 9.17) is 0 Å². The summed E-state index contributed by atoms with van der Waals surface area (Å²) in [6.45, 7) is 4.03. The van der Waals surface area contributed by atoms with Crippen LogP contribution in [-0.4, -0.2) is 48.4 Å². The Hall–Kier alpha value is -3.12. The van der Waals surface area contributed by atoms with Crippen LogP contribution in [0.25, 0.3) is 10.9 Å². The molecule has 6 nitrogen and oxygen atoms in total. The molecule has 0 saturated heterocycles. The fourth-order valence-corrected chi connectivity index (χ4v) is 3.87. The second-order valence-electron chi connectivity index (χ2n) is 8.14. The number of amides is 2. The standard InChI is InChI=1S/C25H32N4O2/c1-5-18-10-12-19(13-11-18)24(29(3)4)16-27-25(31)23(28-17(2)30)14-20-15-26-22-9-7-6-8-21(20)22/h6-13,15,23-24,26H,5,14,16H2,1-4H3,(H,27,31)(H,28,30)/t23-,24+/m1/s1. The summed E-state index contributed by atoms with van der Waals surface area (Å²) >= 11 is 0. The van der Waals surface area contributed by atoms with Gasteiger partial charge in [-0.25, -0.2) is 0 Å². The number of H-pyrrole nitrogens is 1. The molecule has 3 rings (SSSR count). The molecule has 6 heteroatoms. The van der Waals surface area contributed by atoms with Crippen LogP contribution in [0, 0.1) is 0 Å². The lowest BCUT2D eigenvalue weighted by molar-refractivity contribution is -0.128. The van der Waals surface area contributed by atoms with E-state index in [-0.39, 0.29) is 17.9 Å². The van der Waals surface area contributed by atoms with Gasteiger partial charge in [-0.3, -0.25) is 9.59 Å². The maximum Gasteiger partial charge on any atom is 0.242 e. The lowest BCUT2D eigenvalue weighted by atomic mass is 10.0. The van der Waals surface area contributed by atoms with Gasteiger partial charge in [0.25, 0.3) is 0 Å². The predicted molar refractivity (Wildman–Crippen MR) is 125 cm³/mol. The van der Waals surface area contributed by atoms with E-state index in [1.54, 1.807) is 0 Å². The summed E-state index contributed by atoms with van der Waals surface area (Å²) in [7, 11) is 4.00.